The molecule has 1 aliphatic heterocycles. The lowest BCUT2D eigenvalue weighted by Gasteiger charge is -2.17. The van der Waals surface area contributed by atoms with Crippen LogP contribution >= 0.6 is 0 Å². The number of carboxylic acids is 1. The number of ether oxygens (including phenoxy) is 1. The van der Waals surface area contributed by atoms with E-state index >= 15 is 0 Å². The summed E-state index contributed by atoms with van der Waals surface area (Å²) in [5, 5.41) is 11.8. The maximum Gasteiger partial charge on any atom is 0.326 e. The smallest absolute Gasteiger partial charge is 0.326 e. The highest BCUT2D eigenvalue weighted by Gasteiger charge is 2.32. The van der Waals surface area contributed by atoms with Crippen molar-refractivity contribution in [2.75, 3.05) is 7.11 Å². The molecular weight excluding hydrogens is 310 g/mol. The maximum atomic E-state index is 12.3. The molecule has 1 aromatic carbocycles. The minimum atomic E-state index is -0.993. The first-order valence-electron chi connectivity index (χ1n) is 8.23. The Hall–Kier alpha value is -2.12. The summed E-state index contributed by atoms with van der Waals surface area (Å²) in [7, 11) is 1.61. The lowest BCUT2D eigenvalue weighted by Crippen LogP contribution is -2.49. The van der Waals surface area contributed by atoms with E-state index in [0.29, 0.717) is 12.8 Å². The minimum absolute atomic E-state index is 0.0326. The number of unbranched alkanes of at least 4 members (excludes halogenated alkanes) is 1. The van der Waals surface area contributed by atoms with E-state index < -0.39 is 18.1 Å². The fraction of sp³-hybridized carbons (Fsp3) is 0.529. The third-order valence-corrected chi connectivity index (χ3v) is 4.18. The molecular formula is C17H25N3O4. The molecule has 1 aliphatic rings. The van der Waals surface area contributed by atoms with E-state index in [1.54, 1.807) is 7.11 Å². The highest BCUT2D eigenvalue weighted by atomic mass is 16.5. The molecule has 4 N–H and O–H groups in total. The van der Waals surface area contributed by atoms with Crippen LogP contribution in [0.5, 0.6) is 5.75 Å². The second kappa shape index (κ2) is 8.65. The van der Waals surface area contributed by atoms with Gasteiger partial charge in [0.15, 0.2) is 0 Å². The molecule has 7 nitrogen and oxygen atoms in total. The van der Waals surface area contributed by atoms with Crippen molar-refractivity contribution < 1.29 is 19.4 Å². The van der Waals surface area contributed by atoms with Crippen LogP contribution in [0.2, 0.25) is 0 Å². The van der Waals surface area contributed by atoms with Gasteiger partial charge in [0.25, 0.3) is 0 Å². The second-order valence-corrected chi connectivity index (χ2v) is 5.95. The van der Waals surface area contributed by atoms with Crippen molar-refractivity contribution in [1.82, 2.24) is 16.2 Å². The molecule has 0 aliphatic carbocycles. The predicted molar refractivity (Wildman–Crippen MR) is 89.5 cm³/mol. The summed E-state index contributed by atoms with van der Waals surface area (Å²) < 4.78 is 5.21. The third kappa shape index (κ3) is 4.69. The Kier molecular flexibility index (Phi) is 6.57. The summed E-state index contributed by atoms with van der Waals surface area (Å²) in [6.45, 7) is 1.99. The summed E-state index contributed by atoms with van der Waals surface area (Å²) in [5.74, 6) is -0.531. The van der Waals surface area contributed by atoms with Crippen LogP contribution < -0.4 is 20.9 Å². The van der Waals surface area contributed by atoms with E-state index in [9.17, 15) is 14.7 Å². The van der Waals surface area contributed by atoms with Gasteiger partial charge in [0.05, 0.1) is 7.11 Å². The molecule has 1 heterocycles. The SMILES string of the molecule is CCCC[C@H](NC(=O)C1CC(c2cccc(OC)c2)NN1)C(=O)O. The molecule has 0 bridgehead atoms. The Morgan fingerprint density at radius 1 is 1.42 bits per heavy atom. The van der Waals surface area contributed by atoms with Crippen LogP contribution in [0.25, 0.3) is 0 Å². The zero-order valence-electron chi connectivity index (χ0n) is 14.0. The fourth-order valence-corrected chi connectivity index (χ4v) is 2.74. The van der Waals surface area contributed by atoms with Crippen LogP contribution in [0.3, 0.4) is 0 Å². The van der Waals surface area contributed by atoms with Crippen molar-refractivity contribution in [1.29, 1.82) is 0 Å². The molecule has 1 saturated heterocycles. The van der Waals surface area contributed by atoms with E-state index in [0.717, 1.165) is 24.2 Å². The molecule has 1 fully saturated rings. The molecule has 0 saturated carbocycles. The van der Waals surface area contributed by atoms with Crippen molar-refractivity contribution in [2.45, 2.75) is 50.7 Å². The van der Waals surface area contributed by atoms with Crippen LogP contribution in [0, 0.1) is 0 Å². The lowest BCUT2D eigenvalue weighted by atomic mass is 10.0. The Balaban J connectivity index is 1.93. The van der Waals surface area contributed by atoms with Crippen molar-refractivity contribution >= 4 is 11.9 Å². The van der Waals surface area contributed by atoms with Crippen molar-refractivity contribution in [3.05, 3.63) is 29.8 Å². The minimum Gasteiger partial charge on any atom is -0.497 e. The Morgan fingerprint density at radius 2 is 2.21 bits per heavy atom. The normalized spacial score (nSPS) is 21.2. The zero-order valence-corrected chi connectivity index (χ0v) is 14.0. The van der Waals surface area contributed by atoms with Gasteiger partial charge in [-0.3, -0.25) is 4.79 Å². The number of hydrogen-bond donors (Lipinski definition) is 4. The van der Waals surface area contributed by atoms with Gasteiger partial charge in [0.1, 0.15) is 17.8 Å². The van der Waals surface area contributed by atoms with Crippen molar-refractivity contribution in [2.24, 2.45) is 0 Å². The topological polar surface area (TPSA) is 99.7 Å². The van der Waals surface area contributed by atoms with Crippen molar-refractivity contribution in [3.63, 3.8) is 0 Å². The Morgan fingerprint density at radius 3 is 2.88 bits per heavy atom. The van der Waals surface area contributed by atoms with Gasteiger partial charge in [-0.25, -0.2) is 15.6 Å². The van der Waals surface area contributed by atoms with E-state index in [2.05, 4.69) is 16.2 Å². The van der Waals surface area contributed by atoms with Gasteiger partial charge in [-0.05, 0) is 30.5 Å². The monoisotopic (exact) mass is 335 g/mol. The number of carbonyl (C=O) groups excluding carboxylic acids is 1. The first-order valence-corrected chi connectivity index (χ1v) is 8.23. The summed E-state index contributed by atoms with van der Waals surface area (Å²) in [6, 6.07) is 6.30. The molecule has 3 atom stereocenters. The van der Waals surface area contributed by atoms with E-state index in [-0.39, 0.29) is 11.9 Å². The lowest BCUT2D eigenvalue weighted by molar-refractivity contribution is -0.142. The maximum absolute atomic E-state index is 12.3. The van der Waals surface area contributed by atoms with E-state index in [1.165, 1.54) is 0 Å². The number of carbonyl (C=O) groups is 2. The molecule has 2 unspecified atom stereocenters. The second-order valence-electron chi connectivity index (χ2n) is 5.95. The van der Waals surface area contributed by atoms with Crippen LogP contribution in [0.4, 0.5) is 0 Å². The van der Waals surface area contributed by atoms with Gasteiger partial charge in [0.2, 0.25) is 5.91 Å². The highest BCUT2D eigenvalue weighted by Crippen LogP contribution is 2.25. The number of hydrazine groups is 1. The molecule has 0 radical (unpaired) electrons. The first-order chi connectivity index (χ1) is 11.5. The fourth-order valence-electron chi connectivity index (χ4n) is 2.74. The quantitative estimate of drug-likeness (QED) is 0.572. The van der Waals surface area contributed by atoms with Gasteiger partial charge < -0.3 is 15.2 Å². The number of aliphatic carboxylic acids is 1. The molecule has 2 rings (SSSR count). The molecule has 1 aromatic rings. The number of methoxy groups -OCH3 is 1. The molecule has 0 spiro atoms. The number of amides is 1. The predicted octanol–water partition coefficient (Wildman–Crippen LogP) is 1.36. The average molecular weight is 335 g/mol. The Bertz CT molecular complexity index is 579. The number of carboxylic acid groups (broad SMARTS) is 1. The summed E-state index contributed by atoms with van der Waals surface area (Å²) >= 11 is 0. The molecule has 1 amide bonds. The van der Waals surface area contributed by atoms with Crippen LogP contribution in [0.15, 0.2) is 24.3 Å². The van der Waals surface area contributed by atoms with Crippen LogP contribution in [-0.2, 0) is 9.59 Å². The zero-order chi connectivity index (χ0) is 17.5. The average Bonchev–Trinajstić information content (AvgIpc) is 3.08. The highest BCUT2D eigenvalue weighted by molar-refractivity contribution is 5.87. The van der Waals surface area contributed by atoms with Gasteiger partial charge in [-0.15, -0.1) is 0 Å². The van der Waals surface area contributed by atoms with Crippen LogP contribution in [0.1, 0.15) is 44.2 Å². The molecule has 24 heavy (non-hydrogen) atoms. The number of rotatable bonds is 8. The van der Waals surface area contributed by atoms with Gasteiger partial charge in [-0.2, -0.15) is 0 Å². The molecule has 132 valence electrons. The van der Waals surface area contributed by atoms with Gasteiger partial charge >= 0.3 is 5.97 Å². The Labute approximate surface area is 141 Å². The summed E-state index contributed by atoms with van der Waals surface area (Å²) in [6.07, 6.45) is 2.64. The van der Waals surface area contributed by atoms with Crippen LogP contribution in [-0.4, -0.2) is 36.2 Å². The molecule has 0 aromatic heterocycles. The van der Waals surface area contributed by atoms with E-state index in [1.807, 2.05) is 31.2 Å². The van der Waals surface area contributed by atoms with Gasteiger partial charge in [-0.1, -0.05) is 31.9 Å². The summed E-state index contributed by atoms with van der Waals surface area (Å²) in [5.41, 5.74) is 7.05. The third-order valence-electron chi connectivity index (χ3n) is 4.18. The standard InChI is InChI=1S/C17H25N3O4/c1-3-4-8-13(17(22)23)18-16(21)15-10-14(19-20-15)11-6-5-7-12(9-11)24-2/h5-7,9,13-15,19-20H,3-4,8,10H2,1-2H3,(H,18,21)(H,22,23)/t13-,14?,15?/m0/s1. The van der Waals surface area contributed by atoms with Gasteiger partial charge in [0, 0.05) is 6.04 Å². The first kappa shape index (κ1) is 18.2. The summed E-state index contributed by atoms with van der Waals surface area (Å²) in [4.78, 5) is 23.6. The number of benzene rings is 1. The number of nitrogens with one attached hydrogen (secondary N) is 3. The van der Waals surface area contributed by atoms with E-state index in [4.69, 9.17) is 4.74 Å². The molecule has 7 heteroatoms. The number of hydrogen-bond acceptors (Lipinski definition) is 5. The van der Waals surface area contributed by atoms with Crippen molar-refractivity contribution in [3.8, 4) is 5.75 Å². The largest absolute Gasteiger partial charge is 0.497 e.